The van der Waals surface area contributed by atoms with Crippen molar-refractivity contribution in [3.05, 3.63) is 117 Å². The molecule has 2 heterocycles. The number of para-hydroxylation sites is 2. The Balaban J connectivity index is 1.85. The fraction of sp³-hybridized carbons (Fsp3) is 0.0400. The summed E-state index contributed by atoms with van der Waals surface area (Å²) >= 11 is 6.62. The quantitative estimate of drug-likeness (QED) is 0.363. The molecular formula is C25H19ClN4OS2. The molecule has 1 atom stereocenters. The number of nitrogens with zero attached hydrogens (tertiary/aromatic N) is 2. The van der Waals surface area contributed by atoms with Gasteiger partial charge >= 0.3 is 0 Å². The summed E-state index contributed by atoms with van der Waals surface area (Å²) < 4.78 is 0.790. The minimum absolute atomic E-state index is 0.298. The zero-order chi connectivity index (χ0) is 22.9. The van der Waals surface area contributed by atoms with Crippen LogP contribution in [0, 0.1) is 0 Å². The lowest BCUT2D eigenvalue weighted by Crippen LogP contribution is -2.37. The molecule has 0 aliphatic carbocycles. The molecule has 0 saturated heterocycles. The van der Waals surface area contributed by atoms with E-state index >= 15 is 0 Å². The number of hydrogen-bond acceptors (Lipinski definition) is 6. The molecule has 0 fully saturated rings. The summed E-state index contributed by atoms with van der Waals surface area (Å²) in [6.07, 6.45) is 0. The Morgan fingerprint density at radius 3 is 2.21 bits per heavy atom. The maximum atomic E-state index is 12.8. The number of rotatable bonds is 4. The molecule has 1 aliphatic rings. The van der Waals surface area contributed by atoms with E-state index in [1.165, 1.54) is 10.3 Å². The SMILES string of the molecule is NC(=O)C1=C(N)N(c2ccccc2)c2ssc(=Nc3ccccc3)c2C1c1ccccc1Cl. The number of amides is 1. The van der Waals surface area contributed by atoms with Crippen LogP contribution in [-0.4, -0.2) is 5.91 Å². The van der Waals surface area contributed by atoms with Crippen molar-refractivity contribution in [1.82, 2.24) is 0 Å². The Hall–Kier alpha value is -3.39. The van der Waals surface area contributed by atoms with E-state index in [-0.39, 0.29) is 0 Å². The molecular weight excluding hydrogens is 472 g/mol. The van der Waals surface area contributed by atoms with Crippen LogP contribution in [0.2, 0.25) is 5.02 Å². The van der Waals surface area contributed by atoms with Gasteiger partial charge in [0.2, 0.25) is 5.91 Å². The molecule has 1 aliphatic heterocycles. The Morgan fingerprint density at radius 2 is 1.55 bits per heavy atom. The van der Waals surface area contributed by atoms with Crippen LogP contribution in [-0.2, 0) is 4.79 Å². The van der Waals surface area contributed by atoms with Crippen molar-refractivity contribution in [2.24, 2.45) is 16.5 Å². The van der Waals surface area contributed by atoms with Gasteiger partial charge in [0, 0.05) is 16.3 Å². The lowest BCUT2D eigenvalue weighted by atomic mass is 9.83. The Labute approximate surface area is 203 Å². The summed E-state index contributed by atoms with van der Waals surface area (Å²) in [6, 6.07) is 26.9. The first kappa shape index (κ1) is 21.5. The zero-order valence-electron chi connectivity index (χ0n) is 17.3. The summed E-state index contributed by atoms with van der Waals surface area (Å²) in [6.45, 7) is 0. The Kier molecular flexibility index (Phi) is 5.76. The largest absolute Gasteiger partial charge is 0.384 e. The molecule has 33 heavy (non-hydrogen) atoms. The first-order valence-electron chi connectivity index (χ1n) is 10.2. The van der Waals surface area contributed by atoms with Crippen molar-refractivity contribution in [2.45, 2.75) is 5.92 Å². The van der Waals surface area contributed by atoms with Crippen LogP contribution in [0.15, 0.2) is 101 Å². The molecule has 0 radical (unpaired) electrons. The van der Waals surface area contributed by atoms with Gasteiger partial charge in [0.05, 0.1) is 17.2 Å². The van der Waals surface area contributed by atoms with Crippen LogP contribution in [0.4, 0.5) is 16.4 Å². The van der Waals surface area contributed by atoms with Gasteiger partial charge in [-0.05, 0) is 35.9 Å². The van der Waals surface area contributed by atoms with Gasteiger partial charge in [-0.15, -0.1) is 0 Å². The molecule has 5 nitrogen and oxygen atoms in total. The van der Waals surface area contributed by atoms with E-state index in [2.05, 4.69) is 0 Å². The zero-order valence-corrected chi connectivity index (χ0v) is 19.7. The van der Waals surface area contributed by atoms with E-state index in [9.17, 15) is 4.79 Å². The minimum atomic E-state index is -0.592. The molecule has 5 rings (SSSR count). The predicted octanol–water partition coefficient (Wildman–Crippen LogP) is 5.63. The number of hydrogen-bond donors (Lipinski definition) is 2. The summed E-state index contributed by atoms with van der Waals surface area (Å²) in [7, 11) is 3.09. The van der Waals surface area contributed by atoms with E-state index in [0.29, 0.717) is 16.4 Å². The monoisotopic (exact) mass is 490 g/mol. The van der Waals surface area contributed by atoms with Crippen LogP contribution >= 0.6 is 32.3 Å². The first-order chi connectivity index (χ1) is 16.1. The second-order valence-electron chi connectivity index (χ2n) is 7.43. The molecule has 4 aromatic rings. The second-order valence-corrected chi connectivity index (χ2v) is 9.94. The van der Waals surface area contributed by atoms with Gasteiger partial charge in [-0.25, -0.2) is 4.99 Å². The topological polar surface area (TPSA) is 84.7 Å². The van der Waals surface area contributed by atoms with E-state index in [0.717, 1.165) is 32.2 Å². The van der Waals surface area contributed by atoms with Crippen LogP contribution < -0.4 is 21.0 Å². The minimum Gasteiger partial charge on any atom is -0.384 e. The molecule has 3 aromatic carbocycles. The lowest BCUT2D eigenvalue weighted by molar-refractivity contribution is -0.114. The Bertz CT molecular complexity index is 1430. The molecule has 164 valence electrons. The average molecular weight is 491 g/mol. The lowest BCUT2D eigenvalue weighted by Gasteiger charge is -2.34. The van der Waals surface area contributed by atoms with Crippen LogP contribution in [0.25, 0.3) is 0 Å². The van der Waals surface area contributed by atoms with Crippen molar-refractivity contribution in [2.75, 3.05) is 4.90 Å². The van der Waals surface area contributed by atoms with Crippen LogP contribution in [0.1, 0.15) is 17.0 Å². The first-order valence-corrected chi connectivity index (χ1v) is 12.7. The summed E-state index contributed by atoms with van der Waals surface area (Å²) in [5.41, 5.74) is 16.2. The van der Waals surface area contributed by atoms with E-state index in [1.54, 1.807) is 16.4 Å². The van der Waals surface area contributed by atoms with E-state index < -0.39 is 11.8 Å². The maximum Gasteiger partial charge on any atom is 0.249 e. The maximum absolute atomic E-state index is 12.8. The molecule has 4 N–H and O–H groups in total. The van der Waals surface area contributed by atoms with Gasteiger partial charge in [-0.2, -0.15) is 0 Å². The summed E-state index contributed by atoms with van der Waals surface area (Å²) in [5.74, 6) is -0.826. The normalized spacial score (nSPS) is 16.1. The van der Waals surface area contributed by atoms with Crippen LogP contribution in [0.5, 0.6) is 0 Å². The van der Waals surface area contributed by atoms with Crippen molar-refractivity contribution in [1.29, 1.82) is 0 Å². The highest BCUT2D eigenvalue weighted by Gasteiger charge is 2.39. The van der Waals surface area contributed by atoms with Crippen molar-refractivity contribution in [3.8, 4) is 0 Å². The van der Waals surface area contributed by atoms with Crippen molar-refractivity contribution in [3.63, 3.8) is 0 Å². The summed E-state index contributed by atoms with van der Waals surface area (Å²) in [5, 5.41) is 1.43. The molecule has 1 amide bonds. The smallest absolute Gasteiger partial charge is 0.249 e. The third-order valence-electron chi connectivity index (χ3n) is 5.44. The third kappa shape index (κ3) is 3.84. The molecule has 0 saturated carbocycles. The number of carbonyl (C=O) groups excluding carboxylic acids is 1. The highest BCUT2D eigenvalue weighted by molar-refractivity contribution is 7.70. The van der Waals surface area contributed by atoms with Crippen molar-refractivity contribution < 1.29 is 4.79 Å². The van der Waals surface area contributed by atoms with Gasteiger partial charge in [-0.1, -0.05) is 86.9 Å². The molecule has 0 spiro atoms. The van der Waals surface area contributed by atoms with E-state index in [1.807, 2.05) is 83.8 Å². The number of nitrogens with two attached hydrogens (primary N) is 2. The predicted molar refractivity (Wildman–Crippen MR) is 136 cm³/mol. The molecule has 0 bridgehead atoms. The van der Waals surface area contributed by atoms with Gasteiger partial charge < -0.3 is 11.5 Å². The number of primary amides is 1. The van der Waals surface area contributed by atoms with Crippen molar-refractivity contribution >= 4 is 54.6 Å². The second kappa shape index (κ2) is 8.86. The number of benzene rings is 3. The molecule has 1 unspecified atom stereocenters. The van der Waals surface area contributed by atoms with E-state index in [4.69, 9.17) is 28.1 Å². The standard InChI is InChI=1S/C25H19ClN4OS2/c26-18-14-8-7-13-17(18)19-20(23(28)31)22(27)30(16-11-5-2-6-12-16)25-21(19)24(32-33-25)29-15-9-3-1-4-10-15/h1-14,19H,27H2,(H2,28,31). The average Bonchev–Trinajstić information content (AvgIpc) is 3.22. The van der Waals surface area contributed by atoms with Gasteiger partial charge in [-0.3, -0.25) is 9.69 Å². The molecule has 8 heteroatoms. The Morgan fingerprint density at radius 1 is 0.909 bits per heavy atom. The van der Waals surface area contributed by atoms with Crippen LogP contribution in [0.3, 0.4) is 0 Å². The highest BCUT2D eigenvalue weighted by atomic mass is 35.5. The number of fused-ring (bicyclic) bond motifs is 1. The molecule has 1 aromatic heterocycles. The number of anilines is 2. The number of halogens is 1. The summed E-state index contributed by atoms with van der Waals surface area (Å²) in [4.78, 5) is 19.6. The van der Waals surface area contributed by atoms with Gasteiger partial charge in [0.1, 0.15) is 15.5 Å². The fourth-order valence-electron chi connectivity index (χ4n) is 4.01. The number of carbonyl (C=O) groups is 1. The third-order valence-corrected chi connectivity index (χ3v) is 8.09. The van der Waals surface area contributed by atoms with Gasteiger partial charge in [0.15, 0.2) is 0 Å². The fourth-order valence-corrected chi connectivity index (χ4v) is 6.85. The highest BCUT2D eigenvalue weighted by Crippen LogP contribution is 2.49. The van der Waals surface area contributed by atoms with Gasteiger partial charge in [0.25, 0.3) is 0 Å².